The molecule has 0 unspecified atom stereocenters. The number of hydrogen-bond acceptors (Lipinski definition) is 9. The van der Waals surface area contributed by atoms with Crippen LogP contribution in [-0.4, -0.2) is 58.8 Å². The quantitative estimate of drug-likeness (QED) is 0.479. The highest BCUT2D eigenvalue weighted by Crippen LogP contribution is 2.31. The van der Waals surface area contributed by atoms with E-state index in [1.807, 2.05) is 0 Å². The molecule has 1 saturated carbocycles. The number of fused-ring (bicyclic) bond motifs is 1. The third kappa shape index (κ3) is 3.50. The first kappa shape index (κ1) is 15.5. The van der Waals surface area contributed by atoms with Gasteiger partial charge in [-0.25, -0.2) is 9.97 Å². The molecule has 2 aromatic rings. The molecule has 2 aromatic heterocycles. The number of aromatic nitrogens is 4. The number of rotatable bonds is 8. The second-order valence-corrected chi connectivity index (χ2v) is 5.46. The van der Waals surface area contributed by atoms with E-state index in [2.05, 4.69) is 41.2 Å². The molecule has 0 spiro atoms. The summed E-state index contributed by atoms with van der Waals surface area (Å²) >= 11 is 0. The Hall–Kier alpha value is -2.42. The summed E-state index contributed by atoms with van der Waals surface area (Å²) in [6, 6.07) is 0. The summed E-state index contributed by atoms with van der Waals surface area (Å²) < 4.78 is 0. The first-order chi connectivity index (χ1) is 11.2. The number of nitrogens with zero attached hydrogens (tertiary/aromatic N) is 4. The Bertz CT molecular complexity index is 688. The number of anilines is 4. The zero-order valence-electron chi connectivity index (χ0n) is 13.3. The van der Waals surface area contributed by atoms with Crippen LogP contribution >= 0.6 is 0 Å². The van der Waals surface area contributed by atoms with E-state index in [0.29, 0.717) is 41.1 Å². The average molecular weight is 318 g/mol. The van der Waals surface area contributed by atoms with Crippen LogP contribution in [0, 0.1) is 5.92 Å². The maximum Gasteiger partial charge on any atom is 0.225 e. The molecule has 3 rings (SSSR count). The van der Waals surface area contributed by atoms with E-state index in [1.165, 1.54) is 12.8 Å². The number of hydrogen-bond donors (Lipinski definition) is 5. The van der Waals surface area contributed by atoms with Crippen molar-refractivity contribution in [3.8, 4) is 0 Å². The summed E-state index contributed by atoms with van der Waals surface area (Å²) in [7, 11) is 3.53. The van der Waals surface area contributed by atoms with Gasteiger partial charge in [-0.15, -0.1) is 0 Å². The smallest absolute Gasteiger partial charge is 0.225 e. The highest BCUT2D eigenvalue weighted by molar-refractivity contribution is 5.94. The van der Waals surface area contributed by atoms with E-state index in [-0.39, 0.29) is 6.61 Å². The van der Waals surface area contributed by atoms with E-state index in [0.717, 1.165) is 12.5 Å². The summed E-state index contributed by atoms with van der Waals surface area (Å²) in [5.41, 5.74) is 1.28. The lowest BCUT2D eigenvalue weighted by Gasteiger charge is -2.13. The topological polar surface area (TPSA) is 120 Å². The summed E-state index contributed by atoms with van der Waals surface area (Å²) in [4.78, 5) is 17.8. The number of nitrogens with one attached hydrogen (secondary N) is 4. The third-order valence-electron chi connectivity index (χ3n) is 3.65. The van der Waals surface area contributed by atoms with Crippen LogP contribution in [0.15, 0.2) is 0 Å². The third-order valence-corrected chi connectivity index (χ3v) is 3.65. The Kier molecular flexibility index (Phi) is 4.56. The fraction of sp³-hybridized carbons (Fsp3) is 0.571. The summed E-state index contributed by atoms with van der Waals surface area (Å²) in [5.74, 6) is 2.96. The van der Waals surface area contributed by atoms with Crippen LogP contribution in [0.1, 0.15) is 12.8 Å². The molecule has 0 bridgehead atoms. The molecule has 0 radical (unpaired) electrons. The van der Waals surface area contributed by atoms with Gasteiger partial charge in [-0.1, -0.05) is 0 Å². The van der Waals surface area contributed by atoms with Crippen molar-refractivity contribution in [3.05, 3.63) is 0 Å². The van der Waals surface area contributed by atoms with E-state index < -0.39 is 0 Å². The van der Waals surface area contributed by atoms with Crippen molar-refractivity contribution in [2.24, 2.45) is 5.92 Å². The van der Waals surface area contributed by atoms with Gasteiger partial charge in [0.1, 0.15) is 11.0 Å². The minimum absolute atomic E-state index is 0.0111. The van der Waals surface area contributed by atoms with Gasteiger partial charge < -0.3 is 26.4 Å². The first-order valence-corrected chi connectivity index (χ1v) is 7.79. The summed E-state index contributed by atoms with van der Waals surface area (Å²) in [6.07, 6.45) is 2.52. The van der Waals surface area contributed by atoms with Gasteiger partial charge in [-0.05, 0) is 18.8 Å². The Labute approximate surface area is 134 Å². The highest BCUT2D eigenvalue weighted by atomic mass is 16.3. The molecule has 0 aromatic carbocycles. The summed E-state index contributed by atoms with van der Waals surface area (Å²) in [5, 5.41) is 21.4. The fourth-order valence-electron chi connectivity index (χ4n) is 2.22. The molecule has 0 amide bonds. The fourth-order valence-corrected chi connectivity index (χ4v) is 2.22. The van der Waals surface area contributed by atoms with E-state index in [1.54, 1.807) is 14.1 Å². The predicted molar refractivity (Wildman–Crippen MR) is 91.0 cm³/mol. The van der Waals surface area contributed by atoms with Crippen LogP contribution in [0.25, 0.3) is 11.0 Å². The van der Waals surface area contributed by atoms with Crippen LogP contribution in [-0.2, 0) is 0 Å². The SMILES string of the molecule is CNc1nc(NCC2CC2)c2nc(NC)nc(NCCO)c2n1. The van der Waals surface area contributed by atoms with Gasteiger partial charge in [0.05, 0.1) is 6.61 Å². The van der Waals surface area contributed by atoms with E-state index in [9.17, 15) is 0 Å². The van der Waals surface area contributed by atoms with E-state index >= 15 is 0 Å². The molecule has 9 nitrogen and oxygen atoms in total. The second kappa shape index (κ2) is 6.78. The van der Waals surface area contributed by atoms with Crippen molar-refractivity contribution in [2.75, 3.05) is 55.1 Å². The Morgan fingerprint density at radius 3 is 1.96 bits per heavy atom. The standard InChI is InChI=1S/C14H22N8O/c1-15-13-20-10-9(11(21-13)17-5-6-23)19-14(16-2)22-12(10)18-7-8-3-4-8/h8,23H,3-7H2,1-2H3,(H2,15,17,20,21)(H2,16,18,19,22). The maximum absolute atomic E-state index is 9.05. The number of aliphatic hydroxyl groups is 1. The average Bonchev–Trinajstić information content (AvgIpc) is 3.41. The van der Waals surface area contributed by atoms with Gasteiger partial charge in [-0.2, -0.15) is 9.97 Å². The zero-order valence-corrected chi connectivity index (χ0v) is 13.3. The summed E-state index contributed by atoms with van der Waals surface area (Å²) in [6.45, 7) is 1.28. The van der Waals surface area contributed by atoms with Crippen molar-refractivity contribution in [3.63, 3.8) is 0 Å². The van der Waals surface area contributed by atoms with Crippen LogP contribution < -0.4 is 21.3 Å². The van der Waals surface area contributed by atoms with Gasteiger partial charge in [0, 0.05) is 27.2 Å². The molecule has 2 heterocycles. The Balaban J connectivity index is 2.07. The predicted octanol–water partition coefficient (Wildman–Crippen LogP) is 0.729. The lowest BCUT2D eigenvalue weighted by molar-refractivity contribution is 0.311. The van der Waals surface area contributed by atoms with Gasteiger partial charge in [0.2, 0.25) is 11.9 Å². The van der Waals surface area contributed by atoms with Crippen molar-refractivity contribution in [2.45, 2.75) is 12.8 Å². The minimum atomic E-state index is 0.0111. The molecule has 0 atom stereocenters. The van der Waals surface area contributed by atoms with Crippen molar-refractivity contribution in [1.29, 1.82) is 0 Å². The number of aliphatic hydroxyl groups excluding tert-OH is 1. The molecule has 0 aliphatic heterocycles. The highest BCUT2D eigenvalue weighted by Gasteiger charge is 2.22. The van der Waals surface area contributed by atoms with Gasteiger partial charge in [0.15, 0.2) is 11.6 Å². The molecular weight excluding hydrogens is 296 g/mol. The molecule has 1 aliphatic carbocycles. The molecule has 9 heteroatoms. The van der Waals surface area contributed by atoms with Gasteiger partial charge >= 0.3 is 0 Å². The van der Waals surface area contributed by atoms with Crippen molar-refractivity contribution >= 4 is 34.6 Å². The molecule has 1 aliphatic rings. The van der Waals surface area contributed by atoms with Crippen molar-refractivity contribution < 1.29 is 5.11 Å². The normalized spacial score (nSPS) is 13.9. The van der Waals surface area contributed by atoms with Crippen LogP contribution in [0.2, 0.25) is 0 Å². The molecule has 1 fully saturated rings. The van der Waals surface area contributed by atoms with Crippen molar-refractivity contribution in [1.82, 2.24) is 19.9 Å². The van der Waals surface area contributed by atoms with Crippen LogP contribution in [0.3, 0.4) is 0 Å². The van der Waals surface area contributed by atoms with Gasteiger partial charge in [-0.3, -0.25) is 0 Å². The van der Waals surface area contributed by atoms with E-state index in [4.69, 9.17) is 5.11 Å². The molecule has 5 N–H and O–H groups in total. The van der Waals surface area contributed by atoms with Gasteiger partial charge in [0.25, 0.3) is 0 Å². The molecule has 23 heavy (non-hydrogen) atoms. The monoisotopic (exact) mass is 318 g/mol. The lowest BCUT2D eigenvalue weighted by Crippen LogP contribution is -2.13. The van der Waals surface area contributed by atoms with Crippen LogP contribution in [0.4, 0.5) is 23.5 Å². The molecular formula is C14H22N8O. The largest absolute Gasteiger partial charge is 0.395 e. The Morgan fingerprint density at radius 2 is 1.48 bits per heavy atom. The molecule has 124 valence electrons. The molecule has 0 saturated heterocycles. The maximum atomic E-state index is 9.05. The van der Waals surface area contributed by atoms with Crippen LogP contribution in [0.5, 0.6) is 0 Å². The zero-order chi connectivity index (χ0) is 16.2. The Morgan fingerprint density at radius 1 is 0.913 bits per heavy atom. The minimum Gasteiger partial charge on any atom is -0.395 e. The first-order valence-electron chi connectivity index (χ1n) is 7.79. The second-order valence-electron chi connectivity index (χ2n) is 5.46. The lowest BCUT2D eigenvalue weighted by atomic mass is 10.3.